The number of pyridine rings is 1. The summed E-state index contributed by atoms with van der Waals surface area (Å²) in [5.41, 5.74) is 0.907. The van der Waals surface area contributed by atoms with E-state index >= 15 is 0 Å². The summed E-state index contributed by atoms with van der Waals surface area (Å²) >= 11 is 6.60. The number of carbonyl (C=O) groups excluding carboxylic acids is 2. The number of esters is 1. The number of amides is 1. The van der Waals surface area contributed by atoms with Crippen molar-refractivity contribution in [3.8, 4) is 6.07 Å². The first-order valence-electron chi connectivity index (χ1n) is 12.1. The van der Waals surface area contributed by atoms with Crippen molar-refractivity contribution in [1.29, 1.82) is 5.26 Å². The van der Waals surface area contributed by atoms with Gasteiger partial charge in [0.2, 0.25) is 0 Å². The van der Waals surface area contributed by atoms with E-state index < -0.39 is 0 Å². The van der Waals surface area contributed by atoms with Crippen molar-refractivity contribution in [2.45, 2.75) is 59.9 Å². The number of piperidine rings is 1. The average Bonchev–Trinajstić information content (AvgIpc) is 3.12. The van der Waals surface area contributed by atoms with Crippen LogP contribution >= 0.6 is 24.0 Å². The molecule has 2 fully saturated rings. The number of unbranched alkanes of at least 4 members (excludes halogenated alkanes) is 1. The number of nitriles is 1. The molecule has 0 aromatic carbocycles. The summed E-state index contributed by atoms with van der Waals surface area (Å²) in [7, 11) is 0. The molecule has 3 rings (SSSR count). The summed E-state index contributed by atoms with van der Waals surface area (Å²) in [6.07, 6.45) is 4.87. The molecule has 188 valence electrons. The van der Waals surface area contributed by atoms with E-state index in [2.05, 4.69) is 6.07 Å². The molecule has 0 aliphatic carbocycles. The number of carbonyl (C=O) groups is 2. The van der Waals surface area contributed by atoms with Crippen LogP contribution < -0.4 is 10.5 Å². The number of hydrogen-bond acceptors (Lipinski definition) is 8. The molecule has 1 aromatic heterocycles. The second kappa shape index (κ2) is 11.9. The van der Waals surface area contributed by atoms with E-state index in [4.69, 9.17) is 17.0 Å². The lowest BCUT2D eigenvalue weighted by Gasteiger charge is -2.36. The van der Waals surface area contributed by atoms with Gasteiger partial charge in [-0.25, -0.2) is 0 Å². The molecule has 3 heterocycles. The molecule has 0 N–H and O–H groups in total. The van der Waals surface area contributed by atoms with E-state index in [9.17, 15) is 19.6 Å². The van der Waals surface area contributed by atoms with Crippen LogP contribution in [-0.4, -0.2) is 51.9 Å². The number of thioether (sulfide) groups is 1. The highest BCUT2D eigenvalue weighted by atomic mass is 32.2. The summed E-state index contributed by atoms with van der Waals surface area (Å²) in [5, 5.41) is 9.82. The van der Waals surface area contributed by atoms with Crippen LogP contribution in [0.1, 0.15) is 63.1 Å². The van der Waals surface area contributed by atoms with Crippen LogP contribution in [0.5, 0.6) is 0 Å². The van der Waals surface area contributed by atoms with Gasteiger partial charge in [0.25, 0.3) is 11.5 Å². The van der Waals surface area contributed by atoms with Crippen molar-refractivity contribution in [2.75, 3.05) is 31.1 Å². The van der Waals surface area contributed by atoms with Crippen molar-refractivity contribution in [3.63, 3.8) is 0 Å². The first-order valence-corrected chi connectivity index (χ1v) is 13.4. The van der Waals surface area contributed by atoms with Crippen molar-refractivity contribution in [3.05, 3.63) is 31.9 Å². The molecular weight excluding hydrogens is 484 g/mol. The van der Waals surface area contributed by atoms with Crippen molar-refractivity contribution < 1.29 is 14.3 Å². The quantitative estimate of drug-likeness (QED) is 0.292. The number of hydrogen-bond donors (Lipinski definition) is 0. The standard InChI is InChI=1S/C25H32N4O4S2/c1-5-8-12-29-21(27-11-9-10-17(15-27)24(32)33-7-3)18(16(4)19(14-26)22(29)30)13-20-23(31)28(6-2)25(34)35-20/h13,17H,5-12,15H2,1-4H3. The predicted molar refractivity (Wildman–Crippen MR) is 142 cm³/mol. The van der Waals surface area contributed by atoms with Crippen LogP contribution in [0.3, 0.4) is 0 Å². The fourth-order valence-electron chi connectivity index (χ4n) is 4.53. The van der Waals surface area contributed by atoms with Crippen molar-refractivity contribution >= 4 is 52.1 Å². The van der Waals surface area contributed by atoms with Gasteiger partial charge in [0.1, 0.15) is 21.8 Å². The van der Waals surface area contributed by atoms with Crippen LogP contribution in [0, 0.1) is 24.2 Å². The van der Waals surface area contributed by atoms with Gasteiger partial charge in [-0.15, -0.1) is 0 Å². The first kappa shape index (κ1) is 27.0. The van der Waals surface area contributed by atoms with Gasteiger partial charge in [0.15, 0.2) is 0 Å². The van der Waals surface area contributed by atoms with E-state index in [0.717, 1.165) is 19.3 Å². The molecular formula is C25H32N4O4S2. The molecule has 0 spiro atoms. The van der Waals surface area contributed by atoms with Crippen LogP contribution in [0.2, 0.25) is 0 Å². The van der Waals surface area contributed by atoms with E-state index in [1.54, 1.807) is 24.5 Å². The van der Waals surface area contributed by atoms with Crippen LogP contribution in [-0.2, 0) is 20.9 Å². The second-order valence-electron chi connectivity index (χ2n) is 8.62. The molecule has 1 amide bonds. The number of rotatable bonds is 8. The Morgan fingerprint density at radius 3 is 2.66 bits per heavy atom. The minimum Gasteiger partial charge on any atom is -0.466 e. The molecule has 2 aliphatic rings. The number of ether oxygens (including phenoxy) is 1. The normalized spacial score (nSPS) is 19.4. The Hall–Kier alpha value is -2.64. The third-order valence-corrected chi connectivity index (χ3v) is 7.77. The summed E-state index contributed by atoms with van der Waals surface area (Å²) in [6.45, 7) is 9.73. The lowest BCUT2D eigenvalue weighted by Crippen LogP contribution is -2.43. The van der Waals surface area contributed by atoms with Gasteiger partial charge in [0.05, 0.1) is 17.4 Å². The van der Waals surface area contributed by atoms with Gasteiger partial charge in [0, 0.05) is 31.7 Å². The molecule has 1 aromatic rings. The number of aromatic nitrogens is 1. The summed E-state index contributed by atoms with van der Waals surface area (Å²) in [6, 6.07) is 2.08. The molecule has 0 saturated carbocycles. The van der Waals surface area contributed by atoms with Crippen molar-refractivity contribution in [2.24, 2.45) is 5.92 Å². The molecule has 8 nitrogen and oxygen atoms in total. The molecule has 35 heavy (non-hydrogen) atoms. The van der Waals surface area contributed by atoms with Gasteiger partial charge >= 0.3 is 5.97 Å². The Morgan fingerprint density at radius 2 is 2.06 bits per heavy atom. The lowest BCUT2D eigenvalue weighted by atomic mass is 9.96. The Labute approximate surface area is 215 Å². The Kier molecular flexibility index (Phi) is 9.14. The van der Waals surface area contributed by atoms with E-state index in [0.29, 0.717) is 65.4 Å². The average molecular weight is 517 g/mol. The van der Waals surface area contributed by atoms with Crippen molar-refractivity contribution in [1.82, 2.24) is 9.47 Å². The summed E-state index contributed by atoms with van der Waals surface area (Å²) in [4.78, 5) is 43.0. The Bertz CT molecular complexity index is 1150. The lowest BCUT2D eigenvalue weighted by molar-refractivity contribution is -0.148. The summed E-state index contributed by atoms with van der Waals surface area (Å²) < 4.78 is 7.41. The van der Waals surface area contributed by atoms with E-state index in [1.807, 2.05) is 18.7 Å². The second-order valence-corrected chi connectivity index (χ2v) is 10.3. The highest BCUT2D eigenvalue weighted by molar-refractivity contribution is 8.26. The number of thiocarbonyl (C=S) groups is 1. The zero-order valence-corrected chi connectivity index (χ0v) is 22.4. The van der Waals surface area contributed by atoms with Gasteiger partial charge in [-0.05, 0) is 51.7 Å². The van der Waals surface area contributed by atoms with Gasteiger partial charge < -0.3 is 9.64 Å². The Balaban J connectivity index is 2.22. The smallest absolute Gasteiger partial charge is 0.310 e. The van der Waals surface area contributed by atoms with Crippen LogP contribution in [0.4, 0.5) is 5.82 Å². The molecule has 1 unspecified atom stereocenters. The van der Waals surface area contributed by atoms with Crippen LogP contribution in [0.15, 0.2) is 9.70 Å². The zero-order valence-electron chi connectivity index (χ0n) is 20.8. The van der Waals surface area contributed by atoms with E-state index in [-0.39, 0.29) is 28.9 Å². The largest absolute Gasteiger partial charge is 0.466 e. The maximum atomic E-state index is 13.4. The molecule has 0 radical (unpaired) electrons. The molecule has 2 aliphatic heterocycles. The summed E-state index contributed by atoms with van der Waals surface area (Å²) in [5.74, 6) is -0.0765. The minimum atomic E-state index is -0.343. The first-order chi connectivity index (χ1) is 16.8. The predicted octanol–water partition coefficient (Wildman–Crippen LogP) is 3.83. The highest BCUT2D eigenvalue weighted by Gasteiger charge is 2.34. The highest BCUT2D eigenvalue weighted by Crippen LogP contribution is 2.36. The van der Waals surface area contributed by atoms with E-state index in [1.165, 1.54) is 16.7 Å². The third-order valence-electron chi connectivity index (χ3n) is 6.39. The van der Waals surface area contributed by atoms with Crippen LogP contribution in [0.25, 0.3) is 6.08 Å². The zero-order chi connectivity index (χ0) is 25.7. The monoisotopic (exact) mass is 516 g/mol. The maximum absolute atomic E-state index is 13.4. The maximum Gasteiger partial charge on any atom is 0.310 e. The van der Waals surface area contributed by atoms with Gasteiger partial charge in [-0.2, -0.15) is 5.26 Å². The topological polar surface area (TPSA) is 95.6 Å². The van der Waals surface area contributed by atoms with Gasteiger partial charge in [-0.1, -0.05) is 37.3 Å². The third kappa shape index (κ3) is 5.46. The number of nitrogens with zero attached hydrogens (tertiary/aromatic N) is 4. The number of likely N-dealkylation sites (N-methyl/N-ethyl adjacent to an activating group) is 1. The molecule has 1 atom stereocenters. The number of anilines is 1. The fraction of sp³-hybridized carbons (Fsp3) is 0.560. The Morgan fingerprint density at radius 1 is 1.31 bits per heavy atom. The van der Waals surface area contributed by atoms with Gasteiger partial charge in [-0.3, -0.25) is 23.9 Å². The fourth-order valence-corrected chi connectivity index (χ4v) is 5.90. The molecule has 0 bridgehead atoms. The SMILES string of the molecule is CCCCn1c(N2CCCC(C(=O)OCC)C2)c(C=C2SC(=S)N(CC)C2=O)c(C)c(C#N)c1=O. The minimum absolute atomic E-state index is 0.0704. The molecule has 10 heteroatoms. The molecule has 2 saturated heterocycles.